The van der Waals surface area contributed by atoms with Gasteiger partial charge >= 0.3 is 0 Å². The van der Waals surface area contributed by atoms with Gasteiger partial charge in [-0.15, -0.1) is 0 Å². The Morgan fingerprint density at radius 3 is 2.82 bits per heavy atom. The highest BCUT2D eigenvalue weighted by Gasteiger charge is 2.39. The maximum absolute atomic E-state index is 11.3. The van der Waals surface area contributed by atoms with Gasteiger partial charge in [-0.1, -0.05) is 6.42 Å². The van der Waals surface area contributed by atoms with E-state index in [1.54, 1.807) is 0 Å². The predicted molar refractivity (Wildman–Crippen MR) is 41.1 cm³/mol. The number of carbonyl (C=O) groups is 1. The molecular formula is C9H14O2. The Labute approximate surface area is 66.6 Å². The molecule has 0 saturated heterocycles. The highest BCUT2D eigenvalue weighted by atomic mass is 16.3. The van der Waals surface area contributed by atoms with E-state index in [-0.39, 0.29) is 12.0 Å². The summed E-state index contributed by atoms with van der Waals surface area (Å²) in [5.74, 6) is 0.738. The Balaban J connectivity index is 2.15. The molecule has 62 valence electrons. The van der Waals surface area contributed by atoms with Gasteiger partial charge in [0.1, 0.15) is 5.78 Å². The number of ketones is 1. The van der Waals surface area contributed by atoms with Gasteiger partial charge in [-0.05, 0) is 25.2 Å². The van der Waals surface area contributed by atoms with Gasteiger partial charge in [-0.3, -0.25) is 4.79 Å². The lowest BCUT2D eigenvalue weighted by Gasteiger charge is -2.38. The second-order valence-corrected chi connectivity index (χ2v) is 3.79. The van der Waals surface area contributed by atoms with Crippen LogP contribution >= 0.6 is 0 Å². The normalized spacial score (nSPS) is 44.1. The zero-order chi connectivity index (χ0) is 7.84. The Hall–Kier alpha value is -0.370. The zero-order valence-electron chi connectivity index (χ0n) is 6.62. The van der Waals surface area contributed by atoms with E-state index in [0.29, 0.717) is 18.1 Å². The average molecular weight is 154 g/mol. The summed E-state index contributed by atoms with van der Waals surface area (Å²) in [6.07, 6.45) is 4.53. The fraction of sp³-hybridized carbons (Fsp3) is 0.889. The van der Waals surface area contributed by atoms with Crippen molar-refractivity contribution in [1.29, 1.82) is 0 Å². The van der Waals surface area contributed by atoms with Crippen molar-refractivity contribution in [2.45, 2.75) is 38.2 Å². The molecule has 2 heteroatoms. The topological polar surface area (TPSA) is 37.3 Å². The quantitative estimate of drug-likeness (QED) is 0.568. The first-order valence-corrected chi connectivity index (χ1v) is 4.50. The lowest BCUT2D eigenvalue weighted by atomic mass is 9.69. The molecule has 0 aliphatic heterocycles. The van der Waals surface area contributed by atoms with E-state index >= 15 is 0 Å². The van der Waals surface area contributed by atoms with Crippen molar-refractivity contribution in [1.82, 2.24) is 0 Å². The van der Waals surface area contributed by atoms with Crippen molar-refractivity contribution < 1.29 is 9.90 Å². The van der Waals surface area contributed by atoms with Gasteiger partial charge < -0.3 is 5.11 Å². The number of carbonyl (C=O) groups excluding carboxylic acids is 1. The molecule has 2 bridgehead atoms. The third-order valence-electron chi connectivity index (χ3n) is 3.16. The molecule has 2 rings (SSSR count). The molecule has 0 amide bonds. The van der Waals surface area contributed by atoms with Gasteiger partial charge in [0.2, 0.25) is 0 Å². The van der Waals surface area contributed by atoms with Crippen molar-refractivity contribution in [3.05, 3.63) is 0 Å². The predicted octanol–water partition coefficient (Wildman–Crippen LogP) is 1.13. The van der Waals surface area contributed by atoms with E-state index in [1.165, 1.54) is 0 Å². The molecule has 2 fully saturated rings. The van der Waals surface area contributed by atoms with Crippen molar-refractivity contribution in [2.75, 3.05) is 0 Å². The summed E-state index contributed by atoms with van der Waals surface area (Å²) in [4.78, 5) is 11.3. The molecular weight excluding hydrogens is 140 g/mol. The van der Waals surface area contributed by atoms with Crippen LogP contribution in [0, 0.1) is 11.8 Å². The standard InChI is InChI=1S/C9H14O2/c10-8-5-4-6-2-1-3-7(8)9(6)11/h6-7,9,11H,1-5H2. The SMILES string of the molecule is O=C1CCC2CCCC1C2O. The third kappa shape index (κ3) is 1.09. The Morgan fingerprint density at radius 1 is 1.27 bits per heavy atom. The molecule has 11 heavy (non-hydrogen) atoms. The highest BCUT2D eigenvalue weighted by molar-refractivity contribution is 5.82. The number of hydrogen-bond acceptors (Lipinski definition) is 2. The molecule has 1 N–H and O–H groups in total. The number of aliphatic hydroxyl groups excluding tert-OH is 1. The van der Waals surface area contributed by atoms with Crippen LogP contribution in [-0.4, -0.2) is 17.0 Å². The molecule has 0 aromatic carbocycles. The molecule has 0 aromatic rings. The number of fused-ring (bicyclic) bond motifs is 2. The summed E-state index contributed by atoms with van der Waals surface area (Å²) in [5.41, 5.74) is 0. The lowest BCUT2D eigenvalue weighted by Crippen LogP contribution is -2.42. The fourth-order valence-corrected chi connectivity index (χ4v) is 2.45. The van der Waals surface area contributed by atoms with Gasteiger partial charge in [-0.25, -0.2) is 0 Å². The largest absolute Gasteiger partial charge is 0.392 e. The Bertz CT molecular complexity index is 176. The first-order chi connectivity index (χ1) is 5.29. The van der Waals surface area contributed by atoms with E-state index in [9.17, 15) is 9.90 Å². The molecule has 0 heterocycles. The van der Waals surface area contributed by atoms with Gasteiger partial charge in [0, 0.05) is 12.3 Å². The van der Waals surface area contributed by atoms with Crippen LogP contribution in [0.3, 0.4) is 0 Å². The van der Waals surface area contributed by atoms with Crippen LogP contribution in [0.15, 0.2) is 0 Å². The minimum Gasteiger partial charge on any atom is -0.392 e. The van der Waals surface area contributed by atoms with Crippen LogP contribution in [0.1, 0.15) is 32.1 Å². The molecule has 2 saturated carbocycles. The second kappa shape index (κ2) is 2.59. The van der Waals surface area contributed by atoms with E-state index in [1.807, 2.05) is 0 Å². The maximum Gasteiger partial charge on any atom is 0.138 e. The van der Waals surface area contributed by atoms with Crippen LogP contribution in [0.5, 0.6) is 0 Å². The minimum absolute atomic E-state index is 0.00231. The van der Waals surface area contributed by atoms with Gasteiger partial charge in [0.15, 0.2) is 0 Å². The fourth-order valence-electron chi connectivity index (χ4n) is 2.45. The summed E-state index contributed by atoms with van der Waals surface area (Å²) >= 11 is 0. The van der Waals surface area contributed by atoms with E-state index in [0.717, 1.165) is 25.7 Å². The van der Waals surface area contributed by atoms with Crippen molar-refractivity contribution in [3.8, 4) is 0 Å². The summed E-state index contributed by atoms with van der Waals surface area (Å²) < 4.78 is 0. The Morgan fingerprint density at radius 2 is 2.09 bits per heavy atom. The minimum atomic E-state index is -0.301. The highest BCUT2D eigenvalue weighted by Crippen LogP contribution is 2.37. The van der Waals surface area contributed by atoms with E-state index < -0.39 is 0 Å². The second-order valence-electron chi connectivity index (χ2n) is 3.79. The Kier molecular flexibility index (Phi) is 1.72. The number of aliphatic hydroxyl groups is 1. The van der Waals surface area contributed by atoms with Crippen LogP contribution in [-0.2, 0) is 4.79 Å². The average Bonchev–Trinajstić information content (AvgIpc) is 1.98. The smallest absolute Gasteiger partial charge is 0.138 e. The van der Waals surface area contributed by atoms with Crippen LogP contribution in [0.2, 0.25) is 0 Å². The monoisotopic (exact) mass is 154 g/mol. The number of rotatable bonds is 0. The first-order valence-electron chi connectivity index (χ1n) is 4.50. The zero-order valence-corrected chi connectivity index (χ0v) is 6.62. The molecule has 0 spiro atoms. The van der Waals surface area contributed by atoms with Crippen molar-refractivity contribution in [2.24, 2.45) is 11.8 Å². The van der Waals surface area contributed by atoms with Gasteiger partial charge in [0.05, 0.1) is 6.10 Å². The van der Waals surface area contributed by atoms with Crippen LogP contribution in [0.25, 0.3) is 0 Å². The van der Waals surface area contributed by atoms with Crippen LogP contribution < -0.4 is 0 Å². The number of Topliss-reactive ketones (excluding diaryl/α,β-unsaturated/α-hetero) is 1. The maximum atomic E-state index is 11.3. The summed E-state index contributed by atoms with van der Waals surface area (Å²) in [7, 11) is 0. The van der Waals surface area contributed by atoms with Crippen molar-refractivity contribution >= 4 is 5.78 Å². The molecule has 3 unspecified atom stereocenters. The molecule has 3 atom stereocenters. The molecule has 2 aliphatic rings. The van der Waals surface area contributed by atoms with Gasteiger partial charge in [-0.2, -0.15) is 0 Å². The molecule has 0 aromatic heterocycles. The first kappa shape index (κ1) is 7.29. The molecule has 0 radical (unpaired) electrons. The number of hydrogen-bond donors (Lipinski definition) is 1. The third-order valence-corrected chi connectivity index (χ3v) is 3.16. The molecule has 2 nitrogen and oxygen atoms in total. The van der Waals surface area contributed by atoms with E-state index in [4.69, 9.17) is 0 Å². The van der Waals surface area contributed by atoms with Crippen LogP contribution in [0.4, 0.5) is 0 Å². The summed E-state index contributed by atoms with van der Waals surface area (Å²) in [6.45, 7) is 0. The van der Waals surface area contributed by atoms with Crippen molar-refractivity contribution in [3.63, 3.8) is 0 Å². The lowest BCUT2D eigenvalue weighted by molar-refractivity contribution is -0.135. The van der Waals surface area contributed by atoms with Gasteiger partial charge in [0.25, 0.3) is 0 Å². The summed E-state index contributed by atoms with van der Waals surface area (Å²) in [5, 5.41) is 9.64. The summed E-state index contributed by atoms with van der Waals surface area (Å²) in [6, 6.07) is 0. The van der Waals surface area contributed by atoms with E-state index in [2.05, 4.69) is 0 Å². The molecule has 2 aliphatic carbocycles.